The molecule has 35 heavy (non-hydrogen) atoms. The van der Waals surface area contributed by atoms with Crippen LogP contribution in [0.1, 0.15) is 30.5 Å². The van der Waals surface area contributed by atoms with Crippen molar-refractivity contribution in [2.24, 2.45) is 0 Å². The van der Waals surface area contributed by atoms with Crippen LogP contribution in [0.15, 0.2) is 66.4 Å². The van der Waals surface area contributed by atoms with Crippen molar-refractivity contribution in [1.29, 1.82) is 0 Å². The Morgan fingerprint density at radius 1 is 1.09 bits per heavy atom. The standard InChI is InChI=1S/C27H26N2O6/c1-16(2)29-24-11-4-17(14-28-24)12-21-25(18-5-10-22-23(13-18)34-15-33-22)26(30)35-27(21,31)19-6-8-20(32-3)9-7-19/h4-11,13-14,16,31H,12,15H2,1-3H3,(H,28,29). The van der Waals surface area contributed by atoms with Gasteiger partial charge in [-0.3, -0.25) is 0 Å². The molecule has 0 saturated carbocycles. The molecule has 2 aliphatic heterocycles. The number of methoxy groups -OCH3 is 1. The summed E-state index contributed by atoms with van der Waals surface area (Å²) in [5, 5.41) is 15.0. The first kappa shape index (κ1) is 22.7. The molecule has 0 saturated heterocycles. The van der Waals surface area contributed by atoms with E-state index in [9.17, 15) is 9.90 Å². The molecule has 2 aromatic carbocycles. The number of cyclic esters (lactones) is 1. The number of aromatic nitrogens is 1. The zero-order chi connectivity index (χ0) is 24.6. The molecule has 8 nitrogen and oxygen atoms in total. The van der Waals surface area contributed by atoms with Crippen molar-refractivity contribution in [2.75, 3.05) is 19.2 Å². The Bertz CT molecular complexity index is 1280. The van der Waals surface area contributed by atoms with Gasteiger partial charge in [-0.2, -0.15) is 0 Å². The molecule has 0 bridgehead atoms. The second-order valence-electron chi connectivity index (χ2n) is 8.71. The van der Waals surface area contributed by atoms with Crippen molar-refractivity contribution in [1.82, 2.24) is 4.98 Å². The number of aliphatic hydroxyl groups is 1. The number of hydrogen-bond acceptors (Lipinski definition) is 8. The number of carbonyl (C=O) groups is 1. The summed E-state index contributed by atoms with van der Waals surface area (Å²) in [5.74, 6) is -0.0658. The highest BCUT2D eigenvalue weighted by Crippen LogP contribution is 2.46. The number of carbonyl (C=O) groups excluding carboxylic acids is 1. The third-order valence-corrected chi connectivity index (χ3v) is 5.94. The van der Waals surface area contributed by atoms with E-state index < -0.39 is 11.8 Å². The van der Waals surface area contributed by atoms with Gasteiger partial charge >= 0.3 is 5.97 Å². The van der Waals surface area contributed by atoms with Crippen LogP contribution in [0.25, 0.3) is 5.57 Å². The number of fused-ring (bicyclic) bond motifs is 1. The Morgan fingerprint density at radius 2 is 1.86 bits per heavy atom. The molecule has 3 aromatic rings. The van der Waals surface area contributed by atoms with Gasteiger partial charge in [0.15, 0.2) is 11.5 Å². The van der Waals surface area contributed by atoms with Crippen molar-refractivity contribution < 1.29 is 28.8 Å². The molecule has 0 amide bonds. The molecule has 0 radical (unpaired) electrons. The maximum absolute atomic E-state index is 13.2. The highest BCUT2D eigenvalue weighted by atomic mass is 16.7. The Labute approximate surface area is 203 Å². The monoisotopic (exact) mass is 474 g/mol. The Hall–Kier alpha value is -4.04. The van der Waals surface area contributed by atoms with E-state index in [1.165, 1.54) is 0 Å². The SMILES string of the molecule is COc1ccc(C2(O)OC(=O)C(c3ccc4c(c3)OCO4)=C2Cc2ccc(NC(C)C)nc2)cc1. The van der Waals surface area contributed by atoms with E-state index in [2.05, 4.69) is 10.3 Å². The molecule has 0 aliphatic carbocycles. The summed E-state index contributed by atoms with van der Waals surface area (Å²) in [4.78, 5) is 17.7. The summed E-state index contributed by atoms with van der Waals surface area (Å²) >= 11 is 0. The van der Waals surface area contributed by atoms with Gasteiger partial charge in [-0.1, -0.05) is 12.1 Å². The Morgan fingerprint density at radius 3 is 2.54 bits per heavy atom. The van der Waals surface area contributed by atoms with Gasteiger partial charge in [0.2, 0.25) is 6.79 Å². The van der Waals surface area contributed by atoms with Crippen LogP contribution in [0.4, 0.5) is 5.82 Å². The van der Waals surface area contributed by atoms with E-state index in [1.54, 1.807) is 55.8 Å². The number of esters is 1. The minimum atomic E-state index is -1.95. The van der Waals surface area contributed by atoms with Gasteiger partial charge in [-0.05, 0) is 67.4 Å². The van der Waals surface area contributed by atoms with E-state index in [0.717, 1.165) is 11.4 Å². The van der Waals surface area contributed by atoms with Gasteiger partial charge in [-0.25, -0.2) is 9.78 Å². The van der Waals surface area contributed by atoms with Gasteiger partial charge in [-0.15, -0.1) is 0 Å². The summed E-state index contributed by atoms with van der Waals surface area (Å²) in [5.41, 5.74) is 2.51. The quantitative estimate of drug-likeness (QED) is 0.495. The maximum atomic E-state index is 13.2. The van der Waals surface area contributed by atoms with Crippen LogP contribution >= 0.6 is 0 Å². The first-order valence-corrected chi connectivity index (χ1v) is 11.3. The fraction of sp³-hybridized carbons (Fsp3) is 0.259. The van der Waals surface area contributed by atoms with Crippen molar-refractivity contribution in [3.05, 3.63) is 83.1 Å². The van der Waals surface area contributed by atoms with Crippen LogP contribution in [-0.4, -0.2) is 36.0 Å². The molecule has 0 fully saturated rings. The Kier molecular flexibility index (Phi) is 5.82. The first-order valence-electron chi connectivity index (χ1n) is 11.3. The Balaban J connectivity index is 1.60. The van der Waals surface area contributed by atoms with Crippen molar-refractivity contribution >= 4 is 17.4 Å². The van der Waals surface area contributed by atoms with Gasteiger partial charge in [0, 0.05) is 29.8 Å². The van der Waals surface area contributed by atoms with Crippen LogP contribution in [0.5, 0.6) is 17.2 Å². The van der Waals surface area contributed by atoms with Crippen molar-refractivity contribution in [3.63, 3.8) is 0 Å². The first-order chi connectivity index (χ1) is 16.9. The minimum absolute atomic E-state index is 0.118. The zero-order valence-electron chi connectivity index (χ0n) is 19.7. The van der Waals surface area contributed by atoms with Gasteiger partial charge in [0.05, 0.1) is 12.7 Å². The molecule has 0 spiro atoms. The summed E-state index contributed by atoms with van der Waals surface area (Å²) in [7, 11) is 1.56. The lowest BCUT2D eigenvalue weighted by atomic mass is 9.88. The van der Waals surface area contributed by atoms with E-state index in [1.807, 2.05) is 26.0 Å². The fourth-order valence-electron chi connectivity index (χ4n) is 4.26. The van der Waals surface area contributed by atoms with E-state index in [0.29, 0.717) is 33.9 Å². The molecule has 180 valence electrons. The van der Waals surface area contributed by atoms with Crippen LogP contribution in [-0.2, 0) is 21.7 Å². The zero-order valence-corrected chi connectivity index (χ0v) is 19.7. The van der Waals surface area contributed by atoms with Crippen molar-refractivity contribution in [3.8, 4) is 17.2 Å². The predicted octanol–water partition coefficient (Wildman–Crippen LogP) is 4.04. The summed E-state index contributed by atoms with van der Waals surface area (Å²) < 4.78 is 21.8. The molecule has 2 aliphatic rings. The second-order valence-corrected chi connectivity index (χ2v) is 8.71. The topological polar surface area (TPSA) is 99.1 Å². The van der Waals surface area contributed by atoms with Crippen LogP contribution < -0.4 is 19.5 Å². The lowest BCUT2D eigenvalue weighted by Gasteiger charge is -2.26. The summed E-state index contributed by atoms with van der Waals surface area (Å²) in [6.45, 7) is 4.19. The normalized spacial score (nSPS) is 18.7. The molecule has 1 aromatic heterocycles. The highest BCUT2D eigenvalue weighted by Gasteiger charge is 2.48. The second kappa shape index (κ2) is 8.96. The molecular formula is C27H26N2O6. The number of pyridine rings is 1. The predicted molar refractivity (Wildman–Crippen MR) is 129 cm³/mol. The lowest BCUT2D eigenvalue weighted by Crippen LogP contribution is -2.29. The number of ether oxygens (including phenoxy) is 4. The molecule has 8 heteroatoms. The molecule has 1 atom stereocenters. The van der Waals surface area contributed by atoms with Gasteiger partial charge < -0.3 is 29.4 Å². The number of nitrogens with zero attached hydrogens (tertiary/aromatic N) is 1. The van der Waals surface area contributed by atoms with Gasteiger partial charge in [0.1, 0.15) is 11.6 Å². The summed E-state index contributed by atoms with van der Waals surface area (Å²) in [6, 6.07) is 16.1. The molecule has 3 heterocycles. The van der Waals surface area contributed by atoms with E-state index >= 15 is 0 Å². The molecular weight excluding hydrogens is 448 g/mol. The number of anilines is 1. The number of nitrogens with one attached hydrogen (secondary N) is 1. The lowest BCUT2D eigenvalue weighted by molar-refractivity contribution is -0.185. The van der Waals surface area contributed by atoms with Gasteiger partial charge in [0.25, 0.3) is 5.79 Å². The third kappa shape index (κ3) is 4.28. The average Bonchev–Trinajstić information content (AvgIpc) is 3.42. The smallest absolute Gasteiger partial charge is 0.342 e. The van der Waals surface area contributed by atoms with Crippen LogP contribution in [0.2, 0.25) is 0 Å². The van der Waals surface area contributed by atoms with Crippen molar-refractivity contribution in [2.45, 2.75) is 32.1 Å². The number of hydrogen-bond donors (Lipinski definition) is 2. The molecule has 2 N–H and O–H groups in total. The highest BCUT2D eigenvalue weighted by molar-refractivity contribution is 6.20. The molecule has 5 rings (SSSR count). The largest absolute Gasteiger partial charge is 0.497 e. The number of rotatable bonds is 7. The van der Waals surface area contributed by atoms with Crippen LogP contribution in [0, 0.1) is 0 Å². The summed E-state index contributed by atoms with van der Waals surface area (Å²) in [6.07, 6.45) is 1.97. The van der Waals surface area contributed by atoms with E-state index in [4.69, 9.17) is 18.9 Å². The van der Waals surface area contributed by atoms with E-state index in [-0.39, 0.29) is 24.8 Å². The van der Waals surface area contributed by atoms with Crippen LogP contribution in [0.3, 0.4) is 0 Å². The number of benzene rings is 2. The fourth-order valence-corrected chi connectivity index (χ4v) is 4.26. The molecule has 1 unspecified atom stereocenters. The maximum Gasteiger partial charge on any atom is 0.342 e. The average molecular weight is 475 g/mol. The third-order valence-electron chi connectivity index (χ3n) is 5.94. The minimum Gasteiger partial charge on any atom is -0.497 e.